The number of rotatable bonds is 7. The van der Waals surface area contributed by atoms with Gasteiger partial charge in [-0.15, -0.1) is 0 Å². The fourth-order valence-electron chi connectivity index (χ4n) is 9.27. The van der Waals surface area contributed by atoms with E-state index in [0.717, 1.165) is 66.9 Å². The summed E-state index contributed by atoms with van der Waals surface area (Å²) >= 11 is 0. The van der Waals surface area contributed by atoms with Gasteiger partial charge < -0.3 is 13.9 Å². The van der Waals surface area contributed by atoms with Gasteiger partial charge in [0.1, 0.15) is 11.2 Å². The van der Waals surface area contributed by atoms with E-state index in [1.807, 2.05) is 12.1 Å². The highest BCUT2D eigenvalue weighted by Crippen LogP contribution is 2.41. The summed E-state index contributed by atoms with van der Waals surface area (Å²) in [5.74, 6) is 0. The van der Waals surface area contributed by atoms with E-state index in [4.69, 9.17) is 4.42 Å². The van der Waals surface area contributed by atoms with Crippen molar-refractivity contribution in [3.63, 3.8) is 0 Å². The molecule has 0 saturated carbocycles. The third-order valence-corrected chi connectivity index (χ3v) is 12.2. The van der Waals surface area contributed by atoms with Crippen molar-refractivity contribution in [3.8, 4) is 39.1 Å². The number of hydrogen-bond donors (Lipinski definition) is 0. The lowest BCUT2D eigenvalue weighted by Gasteiger charge is -2.27. The van der Waals surface area contributed by atoms with Crippen molar-refractivity contribution in [1.82, 2.24) is 4.57 Å². The lowest BCUT2D eigenvalue weighted by Crippen LogP contribution is -2.10. The van der Waals surface area contributed by atoms with Crippen LogP contribution < -0.4 is 4.90 Å². The molecule has 0 fully saturated rings. The van der Waals surface area contributed by atoms with Gasteiger partial charge in [0.25, 0.3) is 0 Å². The average molecular weight is 779 g/mol. The van der Waals surface area contributed by atoms with Gasteiger partial charge in [0, 0.05) is 44.3 Å². The minimum atomic E-state index is 0.904. The van der Waals surface area contributed by atoms with E-state index in [1.165, 1.54) is 43.7 Å². The highest BCUT2D eigenvalue weighted by atomic mass is 16.3. The third kappa shape index (κ3) is 5.98. The molecule has 10 aromatic carbocycles. The molecular weight excluding hydrogens is 741 g/mol. The summed E-state index contributed by atoms with van der Waals surface area (Å²) in [4.78, 5) is 2.37. The molecule has 0 radical (unpaired) electrons. The molecule has 0 spiro atoms. The molecule has 12 rings (SSSR count). The van der Waals surface area contributed by atoms with Crippen LogP contribution in [0.15, 0.2) is 235 Å². The smallest absolute Gasteiger partial charge is 0.136 e. The molecule has 0 saturated heterocycles. The van der Waals surface area contributed by atoms with E-state index in [2.05, 4.69) is 228 Å². The maximum absolute atomic E-state index is 6.24. The van der Waals surface area contributed by atoms with Gasteiger partial charge in [-0.3, -0.25) is 0 Å². The molecule has 3 nitrogen and oxygen atoms in total. The molecule has 286 valence electrons. The van der Waals surface area contributed by atoms with Crippen molar-refractivity contribution < 1.29 is 4.42 Å². The van der Waals surface area contributed by atoms with Crippen molar-refractivity contribution in [2.75, 3.05) is 4.90 Å². The van der Waals surface area contributed by atoms with Crippen LogP contribution in [0, 0.1) is 0 Å². The molecular formula is C58H38N2O. The first-order valence-corrected chi connectivity index (χ1v) is 20.8. The number of para-hydroxylation sites is 3. The minimum Gasteiger partial charge on any atom is -0.456 e. The summed E-state index contributed by atoms with van der Waals surface area (Å²) in [5, 5.41) is 7.28. The van der Waals surface area contributed by atoms with Gasteiger partial charge in [0.15, 0.2) is 0 Å². The summed E-state index contributed by atoms with van der Waals surface area (Å²) < 4.78 is 8.63. The first kappa shape index (κ1) is 34.9. The molecule has 0 atom stereocenters. The van der Waals surface area contributed by atoms with E-state index in [-0.39, 0.29) is 0 Å². The molecule has 2 heterocycles. The van der Waals surface area contributed by atoms with Crippen LogP contribution in [-0.2, 0) is 0 Å². The molecule has 2 aromatic heterocycles. The summed E-state index contributed by atoms with van der Waals surface area (Å²) in [7, 11) is 0. The fourth-order valence-corrected chi connectivity index (χ4v) is 9.27. The van der Waals surface area contributed by atoms with Gasteiger partial charge in [-0.25, -0.2) is 0 Å². The Morgan fingerprint density at radius 1 is 0.311 bits per heavy atom. The molecule has 0 bridgehead atoms. The molecule has 0 N–H and O–H groups in total. The van der Waals surface area contributed by atoms with E-state index >= 15 is 0 Å². The van der Waals surface area contributed by atoms with Crippen molar-refractivity contribution in [3.05, 3.63) is 231 Å². The van der Waals surface area contributed by atoms with Crippen molar-refractivity contribution in [2.45, 2.75) is 0 Å². The van der Waals surface area contributed by atoms with Crippen molar-refractivity contribution in [1.29, 1.82) is 0 Å². The van der Waals surface area contributed by atoms with E-state index in [1.54, 1.807) is 0 Å². The molecule has 61 heavy (non-hydrogen) atoms. The molecule has 3 heteroatoms. The SMILES string of the molecule is c1cc(-c2ccc(N(c3ccc(-c4cccc5ccccc45)cc3)c3cccc(-n4c5ccccc5c5ccccc54)c3)cc2)cc(-c2ccc3c(c2)oc2ccccc23)c1. The number of furan rings is 1. The second-order valence-corrected chi connectivity index (χ2v) is 15.7. The molecule has 0 aliphatic heterocycles. The van der Waals surface area contributed by atoms with Crippen LogP contribution >= 0.6 is 0 Å². The van der Waals surface area contributed by atoms with E-state index in [0.29, 0.717) is 0 Å². The number of benzene rings is 10. The zero-order chi connectivity index (χ0) is 40.3. The maximum atomic E-state index is 6.24. The number of hydrogen-bond acceptors (Lipinski definition) is 2. The number of nitrogens with zero attached hydrogens (tertiary/aromatic N) is 2. The second-order valence-electron chi connectivity index (χ2n) is 15.7. The van der Waals surface area contributed by atoms with Gasteiger partial charge in [0.2, 0.25) is 0 Å². The Morgan fingerprint density at radius 3 is 1.61 bits per heavy atom. The van der Waals surface area contributed by atoms with Crippen LogP contribution in [0.5, 0.6) is 0 Å². The zero-order valence-corrected chi connectivity index (χ0v) is 33.2. The Kier molecular flexibility index (Phi) is 8.17. The van der Waals surface area contributed by atoms with Gasteiger partial charge in [0.05, 0.1) is 11.0 Å². The Bertz CT molecular complexity index is 3530. The van der Waals surface area contributed by atoms with Crippen molar-refractivity contribution >= 4 is 71.6 Å². The van der Waals surface area contributed by atoms with E-state index in [9.17, 15) is 0 Å². The molecule has 0 unspecified atom stereocenters. The third-order valence-electron chi connectivity index (χ3n) is 12.2. The van der Waals surface area contributed by atoms with Crippen LogP contribution in [0.4, 0.5) is 17.1 Å². The summed E-state index contributed by atoms with van der Waals surface area (Å²) in [6.07, 6.45) is 0. The average Bonchev–Trinajstić information content (AvgIpc) is 3.88. The normalized spacial score (nSPS) is 11.6. The first-order chi connectivity index (χ1) is 30.2. The second kappa shape index (κ2) is 14.3. The number of aromatic nitrogens is 1. The zero-order valence-electron chi connectivity index (χ0n) is 33.2. The van der Waals surface area contributed by atoms with Crippen LogP contribution in [0.1, 0.15) is 0 Å². The Labute approximate surface area is 353 Å². The van der Waals surface area contributed by atoms with Gasteiger partial charge >= 0.3 is 0 Å². The van der Waals surface area contributed by atoms with Crippen LogP contribution in [0.3, 0.4) is 0 Å². The van der Waals surface area contributed by atoms with E-state index < -0.39 is 0 Å². The van der Waals surface area contributed by atoms with Gasteiger partial charge in [-0.2, -0.15) is 0 Å². The fraction of sp³-hybridized carbons (Fsp3) is 0. The number of fused-ring (bicyclic) bond motifs is 7. The highest BCUT2D eigenvalue weighted by Gasteiger charge is 2.17. The number of anilines is 3. The minimum absolute atomic E-state index is 0.904. The quantitative estimate of drug-likeness (QED) is 0.161. The molecule has 0 aliphatic carbocycles. The summed E-state index contributed by atoms with van der Waals surface area (Å²) in [6, 6.07) is 83.0. The lowest BCUT2D eigenvalue weighted by molar-refractivity contribution is 0.669. The highest BCUT2D eigenvalue weighted by molar-refractivity contribution is 6.09. The monoisotopic (exact) mass is 778 g/mol. The van der Waals surface area contributed by atoms with Crippen molar-refractivity contribution in [2.24, 2.45) is 0 Å². The van der Waals surface area contributed by atoms with Crippen LogP contribution in [0.25, 0.3) is 93.6 Å². The Balaban J connectivity index is 0.946. The predicted octanol–water partition coefficient (Wildman–Crippen LogP) is 16.3. The largest absolute Gasteiger partial charge is 0.456 e. The maximum Gasteiger partial charge on any atom is 0.136 e. The summed E-state index contributed by atoms with van der Waals surface area (Å²) in [6.45, 7) is 0. The molecule has 0 aliphatic rings. The molecule has 12 aromatic rings. The standard InChI is InChI=1S/C58H38N2O/c1-2-18-49-40(12-1)13-10-22-50(49)41-28-33-46(34-29-41)59(47-16-11-17-48(38-47)60-55-23-6-3-19-51(55)52-20-4-7-24-56(52)60)45-31-26-39(27-32-45)42-14-9-15-43(36-42)44-30-35-54-53-21-5-8-25-57(53)61-58(54)37-44/h1-38H. The van der Waals surface area contributed by atoms with Crippen LogP contribution in [0.2, 0.25) is 0 Å². The van der Waals surface area contributed by atoms with Gasteiger partial charge in [-0.1, -0.05) is 152 Å². The van der Waals surface area contributed by atoms with Crippen LogP contribution in [-0.4, -0.2) is 4.57 Å². The molecule has 0 amide bonds. The van der Waals surface area contributed by atoms with Gasteiger partial charge in [-0.05, 0) is 123 Å². The topological polar surface area (TPSA) is 21.3 Å². The first-order valence-electron chi connectivity index (χ1n) is 20.8. The Morgan fingerprint density at radius 2 is 0.852 bits per heavy atom. The summed E-state index contributed by atoms with van der Waals surface area (Å²) in [5.41, 5.74) is 15.6. The lowest BCUT2D eigenvalue weighted by atomic mass is 9.97. The Hall–Kier alpha value is -8.14. The predicted molar refractivity (Wildman–Crippen MR) is 257 cm³/mol.